The van der Waals surface area contributed by atoms with E-state index in [0.717, 1.165) is 4.68 Å². The van der Waals surface area contributed by atoms with Gasteiger partial charge in [0, 0.05) is 16.7 Å². The number of hydrogen-bond acceptors (Lipinski definition) is 8. The third-order valence-corrected chi connectivity index (χ3v) is 4.54. The first-order valence-electron chi connectivity index (χ1n) is 9.60. The Balaban J connectivity index is 1.35. The zero-order valence-corrected chi connectivity index (χ0v) is 17.4. The topological polar surface area (TPSA) is 109 Å². The van der Waals surface area contributed by atoms with Crippen LogP contribution < -0.4 is 10.3 Å². The van der Waals surface area contributed by atoms with Crippen LogP contribution in [0.3, 0.4) is 0 Å². The van der Waals surface area contributed by atoms with Gasteiger partial charge in [-0.15, -0.1) is 0 Å². The third-order valence-electron chi connectivity index (χ3n) is 4.29. The lowest BCUT2D eigenvalue weighted by atomic mass is 10.2. The average molecular weight is 453 g/mol. The predicted octanol–water partition coefficient (Wildman–Crippen LogP) is 3.38. The summed E-state index contributed by atoms with van der Waals surface area (Å²) in [5.41, 5.74) is 0.326. The molecule has 162 valence electrons. The van der Waals surface area contributed by atoms with E-state index < -0.39 is 5.97 Å². The lowest BCUT2D eigenvalue weighted by Crippen LogP contribution is -2.27. The highest BCUT2D eigenvalue weighted by Gasteiger charge is 2.15. The summed E-state index contributed by atoms with van der Waals surface area (Å²) in [4.78, 5) is 28.6. The molecule has 0 aliphatic rings. The molecule has 0 bridgehead atoms. The number of hydrogen-bond donors (Lipinski definition) is 0. The molecule has 32 heavy (non-hydrogen) atoms. The molecule has 4 rings (SSSR count). The highest BCUT2D eigenvalue weighted by molar-refractivity contribution is 6.30. The van der Waals surface area contributed by atoms with Crippen molar-refractivity contribution in [1.29, 1.82) is 0 Å². The standard InChI is InChI=1S/C22H17ClN4O5/c23-16-8-6-15(7-9-16)21-24-19(32-26-21)14-31-22(29)18-10-11-20(28)27(25-18)12-13-30-17-4-2-1-3-5-17/h1-11H,12-14H2. The Bertz CT molecular complexity index is 1260. The second-order valence-electron chi connectivity index (χ2n) is 6.54. The van der Waals surface area contributed by atoms with Gasteiger partial charge < -0.3 is 14.0 Å². The molecule has 0 aliphatic carbocycles. The quantitative estimate of drug-likeness (QED) is 0.374. The highest BCUT2D eigenvalue weighted by Crippen LogP contribution is 2.19. The second-order valence-corrected chi connectivity index (χ2v) is 6.97. The Hall–Kier alpha value is -3.98. The molecular formula is C22H17ClN4O5. The van der Waals surface area contributed by atoms with E-state index in [0.29, 0.717) is 22.2 Å². The molecule has 0 aliphatic heterocycles. The fraction of sp³-hybridized carbons (Fsp3) is 0.136. The highest BCUT2D eigenvalue weighted by atomic mass is 35.5. The summed E-state index contributed by atoms with van der Waals surface area (Å²) in [5.74, 6) is 0.410. The maximum atomic E-state index is 12.4. The van der Waals surface area contributed by atoms with E-state index in [-0.39, 0.29) is 36.9 Å². The second kappa shape index (κ2) is 9.88. The summed E-state index contributed by atoms with van der Waals surface area (Å²) in [6.07, 6.45) is 0. The van der Waals surface area contributed by atoms with Crippen LogP contribution in [0.15, 0.2) is 76.0 Å². The zero-order chi connectivity index (χ0) is 22.3. The smallest absolute Gasteiger partial charge is 0.359 e. The van der Waals surface area contributed by atoms with Crippen LogP contribution in [0.25, 0.3) is 11.4 Å². The van der Waals surface area contributed by atoms with Crippen molar-refractivity contribution in [2.24, 2.45) is 0 Å². The number of halogens is 1. The van der Waals surface area contributed by atoms with Crippen LogP contribution in [-0.2, 0) is 17.9 Å². The number of rotatable bonds is 8. The van der Waals surface area contributed by atoms with E-state index in [9.17, 15) is 9.59 Å². The first-order valence-corrected chi connectivity index (χ1v) is 9.98. The van der Waals surface area contributed by atoms with Crippen molar-refractivity contribution in [3.05, 3.63) is 93.7 Å². The van der Waals surface area contributed by atoms with Crippen LogP contribution in [0.2, 0.25) is 5.02 Å². The van der Waals surface area contributed by atoms with Crippen molar-refractivity contribution >= 4 is 17.6 Å². The molecule has 0 atom stereocenters. The van der Waals surface area contributed by atoms with Gasteiger partial charge in [-0.05, 0) is 42.5 Å². The molecular weight excluding hydrogens is 436 g/mol. The number of esters is 1. The maximum absolute atomic E-state index is 12.4. The minimum Gasteiger partial charge on any atom is -0.492 e. The van der Waals surface area contributed by atoms with Crippen LogP contribution >= 0.6 is 11.6 Å². The Kier molecular flexibility index (Phi) is 6.57. The normalized spacial score (nSPS) is 10.7. The van der Waals surface area contributed by atoms with E-state index in [2.05, 4.69) is 15.2 Å². The van der Waals surface area contributed by atoms with Gasteiger partial charge in [0.25, 0.3) is 11.4 Å². The third kappa shape index (κ3) is 5.38. The fourth-order valence-electron chi connectivity index (χ4n) is 2.72. The van der Waals surface area contributed by atoms with Gasteiger partial charge in [0.05, 0.1) is 6.54 Å². The van der Waals surface area contributed by atoms with Crippen LogP contribution in [0.5, 0.6) is 5.75 Å². The molecule has 4 aromatic rings. The minimum atomic E-state index is -0.728. The summed E-state index contributed by atoms with van der Waals surface area (Å²) in [5, 5.41) is 8.49. The van der Waals surface area contributed by atoms with Crippen molar-refractivity contribution in [3.63, 3.8) is 0 Å². The van der Waals surface area contributed by atoms with Gasteiger partial charge in [0.2, 0.25) is 5.82 Å². The molecule has 0 N–H and O–H groups in total. The molecule has 0 unspecified atom stereocenters. The first-order chi connectivity index (χ1) is 15.6. The number of benzene rings is 2. The van der Waals surface area contributed by atoms with Gasteiger partial charge >= 0.3 is 5.97 Å². The maximum Gasteiger partial charge on any atom is 0.359 e. The van der Waals surface area contributed by atoms with E-state index in [1.807, 2.05) is 18.2 Å². The number of carbonyl (C=O) groups excluding carboxylic acids is 1. The summed E-state index contributed by atoms with van der Waals surface area (Å²) in [7, 11) is 0. The number of carbonyl (C=O) groups is 1. The Labute approximate surface area is 187 Å². The first kappa shape index (κ1) is 21.3. The fourth-order valence-corrected chi connectivity index (χ4v) is 2.84. The SMILES string of the molecule is O=C(OCc1nc(-c2ccc(Cl)cc2)no1)c1ccc(=O)n(CCOc2ccccc2)n1. The van der Waals surface area contributed by atoms with Gasteiger partial charge in [0.15, 0.2) is 12.3 Å². The number of para-hydroxylation sites is 1. The lowest BCUT2D eigenvalue weighted by Gasteiger charge is -2.08. The molecule has 0 amide bonds. The Morgan fingerprint density at radius 3 is 2.59 bits per heavy atom. The van der Waals surface area contributed by atoms with Gasteiger partial charge in [-0.3, -0.25) is 4.79 Å². The molecule has 0 saturated carbocycles. The van der Waals surface area contributed by atoms with E-state index >= 15 is 0 Å². The molecule has 0 spiro atoms. The summed E-state index contributed by atoms with van der Waals surface area (Å²) < 4.78 is 17.0. The van der Waals surface area contributed by atoms with Crippen molar-refractivity contribution in [1.82, 2.24) is 19.9 Å². The Morgan fingerprint density at radius 1 is 1.03 bits per heavy atom. The minimum absolute atomic E-state index is 0.0262. The van der Waals surface area contributed by atoms with Gasteiger partial charge in [-0.25, -0.2) is 9.48 Å². The number of aromatic nitrogens is 4. The molecule has 10 heteroatoms. The largest absolute Gasteiger partial charge is 0.492 e. The van der Waals surface area contributed by atoms with Crippen LogP contribution in [0, 0.1) is 0 Å². The molecule has 2 heterocycles. The number of nitrogens with zero attached hydrogens (tertiary/aromatic N) is 4. The summed E-state index contributed by atoms with van der Waals surface area (Å²) in [6, 6.07) is 18.6. The summed E-state index contributed by atoms with van der Waals surface area (Å²) >= 11 is 5.87. The molecule has 0 saturated heterocycles. The predicted molar refractivity (Wildman–Crippen MR) is 114 cm³/mol. The number of ether oxygens (including phenoxy) is 2. The van der Waals surface area contributed by atoms with E-state index in [1.54, 1.807) is 36.4 Å². The monoisotopic (exact) mass is 452 g/mol. The summed E-state index contributed by atoms with van der Waals surface area (Å²) in [6.45, 7) is 0.144. The van der Waals surface area contributed by atoms with E-state index in [4.69, 9.17) is 25.6 Å². The molecule has 2 aromatic heterocycles. The zero-order valence-electron chi connectivity index (χ0n) is 16.7. The molecule has 0 fully saturated rings. The molecule has 2 aromatic carbocycles. The van der Waals surface area contributed by atoms with Crippen LogP contribution in [0.1, 0.15) is 16.4 Å². The van der Waals surface area contributed by atoms with Crippen molar-refractivity contribution in [2.75, 3.05) is 6.61 Å². The van der Waals surface area contributed by atoms with Crippen molar-refractivity contribution < 1.29 is 18.8 Å². The average Bonchev–Trinajstić information content (AvgIpc) is 3.29. The van der Waals surface area contributed by atoms with Gasteiger partial charge in [-0.2, -0.15) is 10.1 Å². The molecule has 0 radical (unpaired) electrons. The Morgan fingerprint density at radius 2 is 1.81 bits per heavy atom. The van der Waals surface area contributed by atoms with Crippen LogP contribution in [-0.4, -0.2) is 32.5 Å². The van der Waals surface area contributed by atoms with E-state index in [1.165, 1.54) is 12.1 Å². The van der Waals surface area contributed by atoms with Crippen molar-refractivity contribution in [3.8, 4) is 17.1 Å². The van der Waals surface area contributed by atoms with Gasteiger partial charge in [-0.1, -0.05) is 35.0 Å². The van der Waals surface area contributed by atoms with Gasteiger partial charge in [0.1, 0.15) is 12.4 Å². The molecule has 9 nitrogen and oxygen atoms in total. The lowest BCUT2D eigenvalue weighted by molar-refractivity contribution is 0.0419. The van der Waals surface area contributed by atoms with Crippen LogP contribution in [0.4, 0.5) is 0 Å². The van der Waals surface area contributed by atoms with Crippen molar-refractivity contribution in [2.45, 2.75) is 13.2 Å².